The molecule has 0 bridgehead atoms. The van der Waals surface area contributed by atoms with Gasteiger partial charge in [0, 0.05) is 32.4 Å². The first-order valence-corrected chi connectivity index (χ1v) is 9.48. The lowest BCUT2D eigenvalue weighted by molar-refractivity contribution is -0.120. The third-order valence-corrected chi connectivity index (χ3v) is 4.59. The van der Waals surface area contributed by atoms with Crippen LogP contribution in [0.3, 0.4) is 0 Å². The Hall–Kier alpha value is -3.74. The number of hydrogen-bond donors (Lipinski definition) is 1. The van der Waals surface area contributed by atoms with Crippen molar-refractivity contribution < 1.29 is 14.3 Å². The van der Waals surface area contributed by atoms with Gasteiger partial charge < -0.3 is 15.0 Å². The normalized spacial score (nSPS) is 10.4. The second kappa shape index (κ2) is 9.65. The Balaban J connectivity index is 1.62. The molecule has 7 heteroatoms. The summed E-state index contributed by atoms with van der Waals surface area (Å²) in [4.78, 5) is 34.3. The Kier molecular flexibility index (Phi) is 6.75. The lowest BCUT2D eigenvalue weighted by Crippen LogP contribution is -2.24. The van der Waals surface area contributed by atoms with Crippen molar-refractivity contribution in [1.82, 2.24) is 20.2 Å². The summed E-state index contributed by atoms with van der Waals surface area (Å²) in [5.41, 5.74) is 3.72. The van der Waals surface area contributed by atoms with E-state index >= 15 is 0 Å². The number of hydrogen-bond acceptors (Lipinski definition) is 5. The van der Waals surface area contributed by atoms with Crippen LogP contribution in [-0.2, 0) is 17.8 Å². The second-order valence-corrected chi connectivity index (χ2v) is 6.98. The molecule has 7 nitrogen and oxygen atoms in total. The van der Waals surface area contributed by atoms with E-state index in [0.717, 1.165) is 22.4 Å². The van der Waals surface area contributed by atoms with Crippen molar-refractivity contribution >= 4 is 11.8 Å². The predicted molar refractivity (Wildman–Crippen MR) is 114 cm³/mol. The summed E-state index contributed by atoms with van der Waals surface area (Å²) in [6.07, 6.45) is 3.26. The number of aromatic nitrogens is 2. The van der Waals surface area contributed by atoms with Crippen molar-refractivity contribution in [2.24, 2.45) is 0 Å². The number of nitrogens with one attached hydrogen (secondary N) is 1. The largest absolute Gasteiger partial charge is 0.497 e. The molecule has 3 aromatic rings. The lowest BCUT2D eigenvalue weighted by atomic mass is 10.0. The van der Waals surface area contributed by atoms with Crippen molar-refractivity contribution in [3.05, 3.63) is 77.7 Å². The van der Waals surface area contributed by atoms with Gasteiger partial charge in [-0.15, -0.1) is 0 Å². The molecule has 0 aliphatic heterocycles. The maximum Gasteiger partial charge on any atom is 0.257 e. The number of carbonyl (C=O) groups excluding carboxylic acids is 2. The van der Waals surface area contributed by atoms with E-state index in [-0.39, 0.29) is 11.8 Å². The van der Waals surface area contributed by atoms with Crippen LogP contribution in [0.1, 0.15) is 21.5 Å². The van der Waals surface area contributed by atoms with Gasteiger partial charge in [-0.2, -0.15) is 0 Å². The molecule has 154 valence electrons. The maximum absolute atomic E-state index is 12.4. The van der Waals surface area contributed by atoms with E-state index in [1.165, 1.54) is 17.4 Å². The Labute approximate surface area is 175 Å². The summed E-state index contributed by atoms with van der Waals surface area (Å²) in [5, 5.41) is 2.92. The van der Waals surface area contributed by atoms with Gasteiger partial charge in [0.1, 0.15) is 12.1 Å². The molecule has 0 aliphatic carbocycles. The van der Waals surface area contributed by atoms with Gasteiger partial charge in [-0.3, -0.25) is 9.59 Å². The number of ether oxygens (including phenoxy) is 1. The van der Waals surface area contributed by atoms with E-state index in [0.29, 0.717) is 24.2 Å². The van der Waals surface area contributed by atoms with Gasteiger partial charge in [-0.25, -0.2) is 9.97 Å². The first kappa shape index (κ1) is 21.0. The number of amides is 2. The predicted octanol–water partition coefficient (Wildman–Crippen LogP) is 2.71. The van der Waals surface area contributed by atoms with Crippen LogP contribution in [0, 0.1) is 0 Å². The van der Waals surface area contributed by atoms with E-state index in [2.05, 4.69) is 15.3 Å². The zero-order valence-corrected chi connectivity index (χ0v) is 17.3. The van der Waals surface area contributed by atoms with Gasteiger partial charge in [0.25, 0.3) is 5.91 Å². The van der Waals surface area contributed by atoms with Gasteiger partial charge in [0.15, 0.2) is 0 Å². The summed E-state index contributed by atoms with van der Waals surface area (Å²) in [6.45, 7) is 0.419. The maximum atomic E-state index is 12.4. The first-order valence-electron chi connectivity index (χ1n) is 9.48. The molecule has 0 spiro atoms. The summed E-state index contributed by atoms with van der Waals surface area (Å²) in [6, 6.07) is 15.0. The minimum absolute atomic E-state index is 0.0566. The van der Waals surface area contributed by atoms with E-state index in [1.54, 1.807) is 21.2 Å². The van der Waals surface area contributed by atoms with Crippen molar-refractivity contribution in [3.63, 3.8) is 0 Å². The average Bonchev–Trinajstić information content (AvgIpc) is 2.78. The lowest BCUT2D eigenvalue weighted by Gasteiger charge is -2.13. The van der Waals surface area contributed by atoms with Crippen LogP contribution in [0.25, 0.3) is 11.3 Å². The molecule has 0 aliphatic rings. The molecule has 0 radical (unpaired) electrons. The molecule has 3 rings (SSSR count). The van der Waals surface area contributed by atoms with Crippen LogP contribution in [-0.4, -0.2) is 47.9 Å². The quantitative estimate of drug-likeness (QED) is 0.655. The highest BCUT2D eigenvalue weighted by Gasteiger charge is 2.16. The summed E-state index contributed by atoms with van der Waals surface area (Å²) < 4.78 is 5.12. The molecular weight excluding hydrogens is 380 g/mol. The van der Waals surface area contributed by atoms with E-state index in [4.69, 9.17) is 4.74 Å². The minimum Gasteiger partial charge on any atom is -0.497 e. The molecule has 1 aromatic heterocycles. The van der Waals surface area contributed by atoms with Gasteiger partial charge in [-0.05, 0) is 23.3 Å². The Bertz CT molecular complexity index is 1020. The van der Waals surface area contributed by atoms with Crippen molar-refractivity contribution in [2.45, 2.75) is 13.0 Å². The highest BCUT2D eigenvalue weighted by molar-refractivity contribution is 5.99. The summed E-state index contributed by atoms with van der Waals surface area (Å²) in [7, 11) is 4.99. The molecule has 0 saturated heterocycles. The van der Waals surface area contributed by atoms with Crippen LogP contribution < -0.4 is 10.1 Å². The summed E-state index contributed by atoms with van der Waals surface area (Å²) in [5.74, 6) is 0.553. The average molecular weight is 404 g/mol. The van der Waals surface area contributed by atoms with Gasteiger partial charge in [0.05, 0.1) is 24.8 Å². The minimum atomic E-state index is -0.152. The van der Waals surface area contributed by atoms with Crippen molar-refractivity contribution in [3.8, 4) is 17.0 Å². The zero-order valence-electron chi connectivity index (χ0n) is 17.3. The fraction of sp³-hybridized carbons (Fsp3) is 0.217. The number of methoxy groups -OCH3 is 1. The number of nitrogens with zero attached hydrogens (tertiary/aromatic N) is 3. The van der Waals surface area contributed by atoms with Gasteiger partial charge in [0.2, 0.25) is 5.91 Å². The van der Waals surface area contributed by atoms with Crippen LogP contribution >= 0.6 is 0 Å². The molecule has 2 aromatic carbocycles. The van der Waals surface area contributed by atoms with Crippen LogP contribution in [0.15, 0.2) is 61.1 Å². The Morgan fingerprint density at radius 3 is 2.30 bits per heavy atom. The van der Waals surface area contributed by atoms with E-state index in [1.807, 2.05) is 48.5 Å². The van der Waals surface area contributed by atoms with Gasteiger partial charge >= 0.3 is 0 Å². The van der Waals surface area contributed by atoms with Crippen LogP contribution in [0.2, 0.25) is 0 Å². The molecule has 1 heterocycles. The standard InChI is InChI=1S/C23H24N4O3/c1-27(2)23(29)20-14-24-15-26-22(20)18-8-4-17(5-9-18)13-25-21(28)12-16-6-10-19(30-3)11-7-16/h4-11,14-15H,12-13H2,1-3H3,(H,25,28). The van der Waals surface area contributed by atoms with Crippen molar-refractivity contribution in [1.29, 1.82) is 0 Å². The monoisotopic (exact) mass is 404 g/mol. The summed E-state index contributed by atoms with van der Waals surface area (Å²) >= 11 is 0. The third kappa shape index (κ3) is 5.20. The zero-order chi connectivity index (χ0) is 21.5. The fourth-order valence-electron chi connectivity index (χ4n) is 2.93. The smallest absolute Gasteiger partial charge is 0.257 e. The fourth-order valence-corrected chi connectivity index (χ4v) is 2.93. The third-order valence-electron chi connectivity index (χ3n) is 4.59. The molecule has 0 atom stereocenters. The van der Waals surface area contributed by atoms with Crippen molar-refractivity contribution in [2.75, 3.05) is 21.2 Å². The Morgan fingerprint density at radius 1 is 1.00 bits per heavy atom. The molecule has 1 N–H and O–H groups in total. The molecule has 0 fully saturated rings. The molecule has 0 saturated carbocycles. The number of benzene rings is 2. The molecule has 30 heavy (non-hydrogen) atoms. The van der Waals surface area contributed by atoms with Gasteiger partial charge in [-0.1, -0.05) is 36.4 Å². The van der Waals surface area contributed by atoms with Crippen LogP contribution in [0.4, 0.5) is 0 Å². The van der Waals surface area contributed by atoms with E-state index < -0.39 is 0 Å². The highest BCUT2D eigenvalue weighted by atomic mass is 16.5. The van der Waals surface area contributed by atoms with Crippen LogP contribution in [0.5, 0.6) is 5.75 Å². The van der Waals surface area contributed by atoms with E-state index in [9.17, 15) is 9.59 Å². The molecular formula is C23H24N4O3. The SMILES string of the molecule is COc1ccc(CC(=O)NCc2ccc(-c3ncncc3C(=O)N(C)C)cc2)cc1. The second-order valence-electron chi connectivity index (χ2n) is 6.98. The highest BCUT2D eigenvalue weighted by Crippen LogP contribution is 2.22. The topological polar surface area (TPSA) is 84.4 Å². The molecule has 0 unspecified atom stereocenters. The molecule has 2 amide bonds. The first-order chi connectivity index (χ1) is 14.5. The number of rotatable bonds is 7. The Morgan fingerprint density at radius 2 is 1.67 bits per heavy atom. The number of carbonyl (C=O) groups is 2.